The second-order valence-electron chi connectivity index (χ2n) is 8.65. The van der Waals surface area contributed by atoms with Gasteiger partial charge in [0, 0.05) is 19.6 Å². The normalized spacial score (nSPS) is 17.2. The van der Waals surface area contributed by atoms with Crippen LogP contribution >= 0.6 is 0 Å². The summed E-state index contributed by atoms with van der Waals surface area (Å²) >= 11 is 0. The molecule has 3 rings (SSSR count). The molecule has 2 aromatic carbocycles. The van der Waals surface area contributed by atoms with E-state index in [2.05, 4.69) is 10.6 Å². The molecule has 0 aliphatic carbocycles. The quantitative estimate of drug-likeness (QED) is 0.666. The minimum atomic E-state index is -3.67. The molecule has 2 aromatic rings. The molecule has 0 aromatic heterocycles. The lowest BCUT2D eigenvalue weighted by atomic mass is 9.98. The summed E-state index contributed by atoms with van der Waals surface area (Å²) in [5.74, 6) is -0.708. The van der Waals surface area contributed by atoms with Crippen LogP contribution in [0, 0.1) is 18.8 Å². The highest BCUT2D eigenvalue weighted by molar-refractivity contribution is 7.89. The van der Waals surface area contributed by atoms with Gasteiger partial charge in [-0.1, -0.05) is 43.7 Å². The summed E-state index contributed by atoms with van der Waals surface area (Å²) in [7, 11) is -3.67. The Kier molecular flexibility index (Phi) is 7.69. The van der Waals surface area contributed by atoms with E-state index in [0.717, 1.165) is 5.56 Å². The number of hydrogen-bond donors (Lipinski definition) is 2. The van der Waals surface area contributed by atoms with Crippen molar-refractivity contribution in [2.45, 2.75) is 38.5 Å². The summed E-state index contributed by atoms with van der Waals surface area (Å²) in [4.78, 5) is 25.8. The molecule has 0 saturated carbocycles. The number of amides is 2. The largest absolute Gasteiger partial charge is 0.352 e. The summed E-state index contributed by atoms with van der Waals surface area (Å²) < 4.78 is 27.5. The highest BCUT2D eigenvalue weighted by atomic mass is 32.2. The van der Waals surface area contributed by atoms with E-state index >= 15 is 0 Å². The molecule has 172 valence electrons. The van der Waals surface area contributed by atoms with Gasteiger partial charge in [0.05, 0.1) is 22.1 Å². The van der Waals surface area contributed by atoms with E-state index in [0.29, 0.717) is 43.1 Å². The number of carbonyl (C=O) groups is 2. The molecule has 1 saturated heterocycles. The predicted octanol–water partition coefficient (Wildman–Crippen LogP) is 3.42. The van der Waals surface area contributed by atoms with Crippen molar-refractivity contribution in [3.05, 3.63) is 59.7 Å². The van der Waals surface area contributed by atoms with Gasteiger partial charge in [-0.05, 0) is 49.9 Å². The molecule has 0 radical (unpaired) electrons. The topological polar surface area (TPSA) is 95.6 Å². The first-order valence-corrected chi connectivity index (χ1v) is 12.4. The zero-order chi connectivity index (χ0) is 23.3. The van der Waals surface area contributed by atoms with Gasteiger partial charge in [0.15, 0.2) is 0 Å². The van der Waals surface area contributed by atoms with E-state index in [4.69, 9.17) is 0 Å². The maximum Gasteiger partial charge on any atom is 0.253 e. The zero-order valence-corrected chi connectivity index (χ0v) is 19.6. The Hall–Kier alpha value is -2.71. The van der Waals surface area contributed by atoms with Crippen LogP contribution in [-0.2, 0) is 14.8 Å². The number of para-hydroxylation sites is 1. The maximum atomic E-state index is 13.0. The lowest BCUT2D eigenvalue weighted by Gasteiger charge is -2.31. The summed E-state index contributed by atoms with van der Waals surface area (Å²) in [6.45, 7) is 6.95. The number of nitrogens with zero attached hydrogens (tertiary/aromatic N) is 1. The van der Waals surface area contributed by atoms with E-state index < -0.39 is 15.9 Å². The van der Waals surface area contributed by atoms with E-state index in [9.17, 15) is 18.0 Å². The van der Waals surface area contributed by atoms with E-state index in [-0.39, 0.29) is 23.3 Å². The van der Waals surface area contributed by atoms with Gasteiger partial charge in [-0.2, -0.15) is 4.31 Å². The Bertz CT molecular complexity index is 1060. The minimum Gasteiger partial charge on any atom is -0.352 e. The first-order valence-electron chi connectivity index (χ1n) is 10.9. The molecule has 1 heterocycles. The van der Waals surface area contributed by atoms with Crippen molar-refractivity contribution < 1.29 is 18.0 Å². The number of carbonyl (C=O) groups excluding carboxylic acids is 2. The number of aryl methyl sites for hydroxylation is 1. The molecule has 1 aliphatic heterocycles. The fourth-order valence-electron chi connectivity index (χ4n) is 3.65. The number of anilines is 1. The molecule has 1 aliphatic rings. The summed E-state index contributed by atoms with van der Waals surface area (Å²) in [6.07, 6.45) is 1.19. The van der Waals surface area contributed by atoms with Gasteiger partial charge in [0.1, 0.15) is 0 Å². The first kappa shape index (κ1) is 23.9. The molecule has 2 amide bonds. The molecular formula is C24H31N3O4S. The fourth-order valence-corrected chi connectivity index (χ4v) is 5.17. The van der Waals surface area contributed by atoms with Gasteiger partial charge in [-0.25, -0.2) is 8.42 Å². The van der Waals surface area contributed by atoms with Gasteiger partial charge in [-0.15, -0.1) is 0 Å². The van der Waals surface area contributed by atoms with Crippen molar-refractivity contribution in [3.63, 3.8) is 0 Å². The van der Waals surface area contributed by atoms with E-state index in [1.165, 1.54) is 4.31 Å². The van der Waals surface area contributed by atoms with Crippen molar-refractivity contribution >= 4 is 27.5 Å². The monoisotopic (exact) mass is 457 g/mol. The first-order chi connectivity index (χ1) is 15.2. The predicted molar refractivity (Wildman–Crippen MR) is 125 cm³/mol. The van der Waals surface area contributed by atoms with Crippen LogP contribution in [0.5, 0.6) is 0 Å². The number of nitrogens with one attached hydrogen (secondary N) is 2. The summed E-state index contributed by atoms with van der Waals surface area (Å²) in [5, 5.41) is 5.71. The van der Waals surface area contributed by atoms with Crippen molar-refractivity contribution in [1.29, 1.82) is 0 Å². The Morgan fingerprint density at radius 3 is 2.47 bits per heavy atom. The van der Waals surface area contributed by atoms with Gasteiger partial charge >= 0.3 is 0 Å². The molecule has 0 spiro atoms. The van der Waals surface area contributed by atoms with Crippen LogP contribution in [0.2, 0.25) is 0 Å². The summed E-state index contributed by atoms with van der Waals surface area (Å²) in [5.41, 5.74) is 1.80. The molecule has 0 unspecified atom stereocenters. The highest BCUT2D eigenvalue weighted by Gasteiger charge is 2.33. The average Bonchev–Trinajstić information content (AvgIpc) is 2.78. The van der Waals surface area contributed by atoms with Gasteiger partial charge in [0.2, 0.25) is 15.9 Å². The van der Waals surface area contributed by atoms with E-state index in [1.54, 1.807) is 48.5 Å². The average molecular weight is 458 g/mol. The number of sulfonamides is 1. The molecular weight excluding hydrogens is 426 g/mol. The van der Waals surface area contributed by atoms with Gasteiger partial charge < -0.3 is 10.6 Å². The van der Waals surface area contributed by atoms with Crippen LogP contribution in [-0.4, -0.2) is 44.2 Å². The Morgan fingerprint density at radius 1 is 1.09 bits per heavy atom. The van der Waals surface area contributed by atoms with Gasteiger partial charge in [0.25, 0.3) is 5.91 Å². The number of piperidine rings is 1. The molecule has 7 nitrogen and oxygen atoms in total. The fraction of sp³-hybridized carbons (Fsp3) is 0.417. The van der Waals surface area contributed by atoms with Crippen molar-refractivity contribution in [1.82, 2.24) is 9.62 Å². The Balaban J connectivity index is 1.71. The minimum absolute atomic E-state index is 0.115. The third kappa shape index (κ3) is 5.75. The van der Waals surface area contributed by atoms with Crippen LogP contribution in [0.4, 0.5) is 5.69 Å². The number of rotatable bonds is 7. The van der Waals surface area contributed by atoms with Gasteiger partial charge in [-0.3, -0.25) is 9.59 Å². The molecule has 2 N–H and O–H groups in total. The molecule has 1 atom stereocenters. The van der Waals surface area contributed by atoms with Crippen molar-refractivity contribution in [2.75, 3.05) is 25.0 Å². The van der Waals surface area contributed by atoms with Crippen LogP contribution < -0.4 is 10.6 Å². The SMILES string of the molecule is Cc1ccc(S(=O)(=O)N2CCC[C@H](C(=O)Nc3ccccc3C(=O)NCC(C)C)C2)cc1. The van der Waals surface area contributed by atoms with Crippen LogP contribution in [0.25, 0.3) is 0 Å². The van der Waals surface area contributed by atoms with Crippen molar-refractivity contribution in [2.24, 2.45) is 11.8 Å². The third-order valence-corrected chi connectivity index (χ3v) is 7.39. The summed E-state index contributed by atoms with van der Waals surface area (Å²) in [6, 6.07) is 13.6. The Morgan fingerprint density at radius 2 is 1.78 bits per heavy atom. The smallest absolute Gasteiger partial charge is 0.253 e. The zero-order valence-electron chi connectivity index (χ0n) is 18.8. The third-order valence-electron chi connectivity index (χ3n) is 5.51. The molecule has 8 heteroatoms. The molecule has 0 bridgehead atoms. The second-order valence-corrected chi connectivity index (χ2v) is 10.6. The number of hydrogen-bond acceptors (Lipinski definition) is 4. The van der Waals surface area contributed by atoms with Crippen molar-refractivity contribution in [3.8, 4) is 0 Å². The molecule has 32 heavy (non-hydrogen) atoms. The van der Waals surface area contributed by atoms with Crippen LogP contribution in [0.15, 0.2) is 53.4 Å². The van der Waals surface area contributed by atoms with E-state index in [1.807, 2.05) is 20.8 Å². The van der Waals surface area contributed by atoms with Crippen LogP contribution in [0.3, 0.4) is 0 Å². The Labute approximate surface area is 190 Å². The molecule has 1 fully saturated rings. The van der Waals surface area contributed by atoms with Crippen LogP contribution in [0.1, 0.15) is 42.6 Å². The standard InChI is InChI=1S/C24H31N3O4S/c1-17(2)15-25-24(29)21-8-4-5-9-22(21)26-23(28)19-7-6-14-27(16-19)32(30,31)20-12-10-18(3)11-13-20/h4-5,8-13,17,19H,6-7,14-16H2,1-3H3,(H,25,29)(H,26,28)/t19-/m0/s1. The lowest BCUT2D eigenvalue weighted by molar-refractivity contribution is -0.120. The maximum absolute atomic E-state index is 13.0. The highest BCUT2D eigenvalue weighted by Crippen LogP contribution is 2.25. The second kappa shape index (κ2) is 10.3. The number of benzene rings is 2. The lowest BCUT2D eigenvalue weighted by Crippen LogP contribution is -2.43.